The molecule has 0 amide bonds. The van der Waals surface area contributed by atoms with Gasteiger partial charge in [-0.1, -0.05) is 30.3 Å². The minimum absolute atomic E-state index is 0.195. The summed E-state index contributed by atoms with van der Waals surface area (Å²) < 4.78 is 4.35. The van der Waals surface area contributed by atoms with Crippen LogP contribution >= 0.6 is 0 Å². The summed E-state index contributed by atoms with van der Waals surface area (Å²) in [5.41, 5.74) is 0.438. The van der Waals surface area contributed by atoms with Gasteiger partial charge < -0.3 is 4.42 Å². The molecule has 0 aliphatic heterocycles. The van der Waals surface area contributed by atoms with Gasteiger partial charge in [0.25, 0.3) is 0 Å². The number of benzene rings is 1. The molecule has 2 aromatic rings. The van der Waals surface area contributed by atoms with E-state index in [4.69, 9.17) is 0 Å². The SMILES string of the molecule is O=c1[nH]nc(Cc2ccccc2)c(=O)o1. The van der Waals surface area contributed by atoms with E-state index in [0.717, 1.165) is 5.56 Å². The fraction of sp³-hybridized carbons (Fsp3) is 0.100. The highest BCUT2D eigenvalue weighted by Gasteiger charge is 2.04. The summed E-state index contributed by atoms with van der Waals surface area (Å²) in [6, 6.07) is 9.34. The molecule has 0 fully saturated rings. The number of nitrogens with zero attached hydrogens (tertiary/aromatic N) is 1. The minimum Gasteiger partial charge on any atom is -0.370 e. The second-order valence-electron chi connectivity index (χ2n) is 3.01. The van der Waals surface area contributed by atoms with E-state index in [9.17, 15) is 9.59 Å². The Bertz CT molecular complexity index is 557. The Hall–Kier alpha value is -2.17. The number of aromatic amines is 1. The first-order valence-corrected chi connectivity index (χ1v) is 4.38. The van der Waals surface area contributed by atoms with Crippen LogP contribution in [-0.4, -0.2) is 10.2 Å². The topological polar surface area (TPSA) is 76.0 Å². The van der Waals surface area contributed by atoms with Gasteiger partial charge in [0.15, 0.2) is 5.69 Å². The number of nitrogens with one attached hydrogen (secondary N) is 1. The maximum Gasteiger partial charge on any atom is 0.435 e. The maximum absolute atomic E-state index is 11.2. The van der Waals surface area contributed by atoms with E-state index in [1.807, 2.05) is 30.3 Å². The monoisotopic (exact) mass is 204 g/mol. The molecule has 0 saturated heterocycles. The quantitative estimate of drug-likeness (QED) is 0.764. The average molecular weight is 204 g/mol. The van der Waals surface area contributed by atoms with Crippen molar-refractivity contribution in [1.82, 2.24) is 10.2 Å². The number of H-pyrrole nitrogens is 1. The average Bonchev–Trinajstić information content (AvgIpc) is 2.24. The van der Waals surface area contributed by atoms with Gasteiger partial charge in [-0.15, -0.1) is 0 Å². The fourth-order valence-corrected chi connectivity index (χ4v) is 1.23. The minimum atomic E-state index is -0.836. The van der Waals surface area contributed by atoms with Crippen molar-refractivity contribution in [2.24, 2.45) is 0 Å². The zero-order chi connectivity index (χ0) is 10.7. The Morgan fingerprint density at radius 1 is 1.20 bits per heavy atom. The molecular weight excluding hydrogens is 196 g/mol. The summed E-state index contributed by atoms with van der Waals surface area (Å²) in [5, 5.41) is 5.72. The lowest BCUT2D eigenvalue weighted by Gasteiger charge is -1.97. The van der Waals surface area contributed by atoms with Crippen molar-refractivity contribution < 1.29 is 4.42 Å². The number of hydrogen-bond acceptors (Lipinski definition) is 4. The Morgan fingerprint density at radius 3 is 2.60 bits per heavy atom. The first-order chi connectivity index (χ1) is 7.25. The van der Waals surface area contributed by atoms with Crippen molar-refractivity contribution in [3.05, 3.63) is 62.6 Å². The van der Waals surface area contributed by atoms with Crippen molar-refractivity contribution in [1.29, 1.82) is 0 Å². The van der Waals surface area contributed by atoms with Gasteiger partial charge in [0.2, 0.25) is 0 Å². The molecule has 0 aliphatic rings. The normalized spacial score (nSPS) is 10.1. The molecule has 1 N–H and O–H groups in total. The summed E-state index contributed by atoms with van der Waals surface area (Å²) >= 11 is 0. The molecule has 0 bridgehead atoms. The van der Waals surface area contributed by atoms with Gasteiger partial charge in [-0.25, -0.2) is 14.7 Å². The van der Waals surface area contributed by atoms with Crippen molar-refractivity contribution in [2.45, 2.75) is 6.42 Å². The summed E-state index contributed by atoms with van der Waals surface area (Å²) in [6.07, 6.45) is 0.347. The predicted octanol–water partition coefficient (Wildman–Crippen LogP) is 0.314. The Kier molecular flexibility index (Phi) is 2.45. The zero-order valence-corrected chi connectivity index (χ0v) is 7.77. The second kappa shape index (κ2) is 3.91. The molecule has 76 valence electrons. The molecule has 1 aromatic heterocycles. The molecule has 2 rings (SSSR count). The van der Waals surface area contributed by atoms with Gasteiger partial charge in [0.05, 0.1) is 0 Å². The van der Waals surface area contributed by atoms with E-state index >= 15 is 0 Å². The van der Waals surface area contributed by atoms with Crippen molar-refractivity contribution >= 4 is 0 Å². The van der Waals surface area contributed by atoms with Crippen LogP contribution in [0.5, 0.6) is 0 Å². The predicted molar refractivity (Wildman–Crippen MR) is 52.6 cm³/mol. The van der Waals surface area contributed by atoms with Gasteiger partial charge in [-0.3, -0.25) is 0 Å². The van der Waals surface area contributed by atoms with E-state index < -0.39 is 11.4 Å². The molecule has 15 heavy (non-hydrogen) atoms. The van der Waals surface area contributed by atoms with Crippen LogP contribution in [0.2, 0.25) is 0 Å². The van der Waals surface area contributed by atoms with Crippen LogP contribution in [0, 0.1) is 0 Å². The van der Waals surface area contributed by atoms with Crippen molar-refractivity contribution in [2.75, 3.05) is 0 Å². The summed E-state index contributed by atoms with van der Waals surface area (Å²) in [4.78, 5) is 21.8. The summed E-state index contributed by atoms with van der Waals surface area (Å²) in [6.45, 7) is 0. The Balaban J connectivity index is 2.33. The lowest BCUT2D eigenvalue weighted by Crippen LogP contribution is -2.21. The molecule has 1 aromatic carbocycles. The van der Waals surface area contributed by atoms with Gasteiger partial charge >= 0.3 is 11.4 Å². The number of hydrogen-bond donors (Lipinski definition) is 1. The van der Waals surface area contributed by atoms with Gasteiger partial charge in [0, 0.05) is 6.42 Å². The molecule has 5 heteroatoms. The first-order valence-electron chi connectivity index (χ1n) is 4.38. The highest BCUT2D eigenvalue weighted by atomic mass is 16.4. The van der Waals surface area contributed by atoms with E-state index in [1.165, 1.54) is 0 Å². The van der Waals surface area contributed by atoms with Crippen LogP contribution < -0.4 is 11.4 Å². The van der Waals surface area contributed by atoms with Crippen LogP contribution in [0.1, 0.15) is 11.3 Å². The van der Waals surface area contributed by atoms with Gasteiger partial charge in [0.1, 0.15) is 0 Å². The number of aromatic nitrogens is 2. The fourth-order valence-electron chi connectivity index (χ4n) is 1.23. The standard InChI is InChI=1S/C10H8N2O3/c13-9-8(11-12-10(14)15-9)6-7-4-2-1-3-5-7/h1-5H,6H2,(H,12,14). The van der Waals surface area contributed by atoms with Crippen LogP contribution in [0.25, 0.3) is 0 Å². The van der Waals surface area contributed by atoms with E-state index in [1.54, 1.807) is 0 Å². The maximum atomic E-state index is 11.2. The highest BCUT2D eigenvalue weighted by Crippen LogP contribution is 2.01. The summed E-state index contributed by atoms with van der Waals surface area (Å²) in [5.74, 6) is -0.836. The van der Waals surface area contributed by atoms with Crippen molar-refractivity contribution in [3.8, 4) is 0 Å². The lowest BCUT2D eigenvalue weighted by atomic mass is 10.1. The Morgan fingerprint density at radius 2 is 1.93 bits per heavy atom. The molecule has 0 spiro atoms. The first kappa shape index (κ1) is 9.39. The van der Waals surface area contributed by atoms with Crippen LogP contribution in [0.3, 0.4) is 0 Å². The zero-order valence-electron chi connectivity index (χ0n) is 7.77. The number of rotatable bonds is 2. The molecule has 0 unspecified atom stereocenters. The highest BCUT2D eigenvalue weighted by molar-refractivity contribution is 5.19. The largest absolute Gasteiger partial charge is 0.435 e. The van der Waals surface area contributed by atoms with E-state index in [2.05, 4.69) is 14.6 Å². The molecule has 1 heterocycles. The van der Waals surface area contributed by atoms with Crippen LogP contribution in [0.4, 0.5) is 0 Å². The molecule has 0 atom stereocenters. The van der Waals surface area contributed by atoms with Crippen LogP contribution in [-0.2, 0) is 6.42 Å². The lowest BCUT2D eigenvalue weighted by molar-refractivity contribution is 0.422. The molecule has 0 aliphatic carbocycles. The third-order valence-corrected chi connectivity index (χ3v) is 1.92. The third kappa shape index (κ3) is 2.19. The summed E-state index contributed by atoms with van der Waals surface area (Å²) in [7, 11) is 0. The molecule has 0 radical (unpaired) electrons. The molecule has 0 saturated carbocycles. The van der Waals surface area contributed by atoms with Crippen LogP contribution in [0.15, 0.2) is 44.3 Å². The molecular formula is C10H8N2O3. The van der Waals surface area contributed by atoms with E-state index in [0.29, 0.717) is 6.42 Å². The third-order valence-electron chi connectivity index (χ3n) is 1.92. The van der Waals surface area contributed by atoms with E-state index in [-0.39, 0.29) is 5.69 Å². The smallest absolute Gasteiger partial charge is 0.370 e. The molecule has 5 nitrogen and oxygen atoms in total. The Labute approximate surface area is 84.4 Å². The van der Waals surface area contributed by atoms with Crippen molar-refractivity contribution in [3.63, 3.8) is 0 Å². The van der Waals surface area contributed by atoms with Gasteiger partial charge in [-0.05, 0) is 5.56 Å². The second-order valence-corrected chi connectivity index (χ2v) is 3.01. The van der Waals surface area contributed by atoms with Gasteiger partial charge in [-0.2, -0.15) is 5.10 Å².